The van der Waals surface area contributed by atoms with Gasteiger partial charge < -0.3 is 15.6 Å². The average Bonchev–Trinajstić information content (AvgIpc) is 2.98. The third-order valence-electron chi connectivity index (χ3n) is 5.03. The number of H-pyrrole nitrogens is 1. The summed E-state index contributed by atoms with van der Waals surface area (Å²) in [5.74, 6) is -0.130. The van der Waals surface area contributed by atoms with Gasteiger partial charge in [0.2, 0.25) is 5.91 Å². The van der Waals surface area contributed by atoms with E-state index in [4.69, 9.17) is 0 Å². The second kappa shape index (κ2) is 8.30. The summed E-state index contributed by atoms with van der Waals surface area (Å²) in [4.78, 5) is 27.4. The molecule has 5 heteroatoms. The first-order chi connectivity index (χ1) is 13.3. The molecule has 2 aromatic carbocycles. The lowest BCUT2D eigenvalue weighted by Crippen LogP contribution is -2.27. The summed E-state index contributed by atoms with van der Waals surface area (Å²) >= 11 is 0. The Kier molecular flexibility index (Phi) is 5.83. The van der Waals surface area contributed by atoms with Gasteiger partial charge in [-0.3, -0.25) is 9.59 Å². The van der Waals surface area contributed by atoms with Crippen molar-refractivity contribution in [1.29, 1.82) is 0 Å². The normalized spacial score (nSPS) is 11.0. The van der Waals surface area contributed by atoms with Gasteiger partial charge in [-0.15, -0.1) is 0 Å². The van der Waals surface area contributed by atoms with Crippen LogP contribution in [0.25, 0.3) is 10.9 Å². The topological polar surface area (TPSA) is 74.0 Å². The van der Waals surface area contributed by atoms with E-state index in [2.05, 4.69) is 41.6 Å². The predicted octanol–water partition coefficient (Wildman–Crippen LogP) is 3.99. The van der Waals surface area contributed by atoms with Crippen LogP contribution in [-0.4, -0.2) is 16.8 Å². The minimum absolute atomic E-state index is 0.0200. The summed E-state index contributed by atoms with van der Waals surface area (Å²) in [6, 6.07) is 13.5. The molecule has 1 aromatic heterocycles. The fourth-order valence-electron chi connectivity index (χ4n) is 3.07. The molecule has 0 aliphatic rings. The highest BCUT2D eigenvalue weighted by molar-refractivity contribution is 5.94. The Hall–Kier alpha value is -3.08. The van der Waals surface area contributed by atoms with Crippen molar-refractivity contribution in [3.63, 3.8) is 0 Å². The van der Waals surface area contributed by atoms with Crippen LogP contribution in [0.1, 0.15) is 46.6 Å². The van der Waals surface area contributed by atoms with Crippen LogP contribution in [0.5, 0.6) is 0 Å². The van der Waals surface area contributed by atoms with E-state index >= 15 is 0 Å². The van der Waals surface area contributed by atoms with Gasteiger partial charge >= 0.3 is 0 Å². The molecule has 28 heavy (non-hydrogen) atoms. The van der Waals surface area contributed by atoms with E-state index in [0.717, 1.165) is 16.6 Å². The molecule has 146 valence electrons. The molecule has 0 fully saturated rings. The first-order valence-electron chi connectivity index (χ1n) is 9.58. The lowest BCUT2D eigenvalue weighted by atomic mass is 10.1. The van der Waals surface area contributed by atoms with Gasteiger partial charge in [0.15, 0.2) is 0 Å². The maximum absolute atomic E-state index is 12.4. The van der Waals surface area contributed by atoms with Crippen LogP contribution in [0.4, 0.5) is 0 Å². The predicted molar refractivity (Wildman–Crippen MR) is 112 cm³/mol. The van der Waals surface area contributed by atoms with E-state index in [9.17, 15) is 9.59 Å². The quantitative estimate of drug-likeness (QED) is 0.608. The number of aromatic amines is 1. The summed E-state index contributed by atoms with van der Waals surface area (Å²) in [6.07, 6.45) is 0. The Morgan fingerprint density at radius 2 is 1.57 bits per heavy atom. The second-order valence-electron chi connectivity index (χ2n) is 7.51. The number of hydrogen-bond donors (Lipinski definition) is 3. The largest absolute Gasteiger partial charge is 0.358 e. The van der Waals surface area contributed by atoms with E-state index in [1.165, 1.54) is 16.6 Å². The molecule has 0 saturated heterocycles. The number of fused-ring (bicyclic) bond motifs is 1. The van der Waals surface area contributed by atoms with Crippen molar-refractivity contribution in [3.8, 4) is 0 Å². The molecular weight excluding hydrogens is 350 g/mol. The Labute approximate surface area is 165 Å². The summed E-state index contributed by atoms with van der Waals surface area (Å²) in [7, 11) is 0. The zero-order valence-corrected chi connectivity index (χ0v) is 16.8. The standard InChI is InChI=1S/C23H27N3O2/c1-14(2)22(27)24-12-17-5-8-19(9-6-17)23(28)25-13-18-7-10-21-20(11-18)15(3)16(4)26-21/h5-11,14,26H,12-13H2,1-4H3,(H,24,27)(H,25,28). The van der Waals surface area contributed by atoms with Gasteiger partial charge in [-0.1, -0.05) is 32.0 Å². The summed E-state index contributed by atoms with van der Waals surface area (Å²) in [5, 5.41) is 7.04. The van der Waals surface area contributed by atoms with E-state index in [-0.39, 0.29) is 17.7 Å². The maximum atomic E-state index is 12.4. The molecule has 3 rings (SSSR count). The van der Waals surface area contributed by atoms with Crippen LogP contribution in [-0.2, 0) is 17.9 Å². The van der Waals surface area contributed by atoms with Gasteiger partial charge in [-0.05, 0) is 54.8 Å². The second-order valence-corrected chi connectivity index (χ2v) is 7.51. The number of benzene rings is 2. The van der Waals surface area contributed by atoms with Crippen LogP contribution < -0.4 is 10.6 Å². The van der Waals surface area contributed by atoms with E-state index < -0.39 is 0 Å². The zero-order chi connectivity index (χ0) is 20.3. The fourth-order valence-corrected chi connectivity index (χ4v) is 3.07. The van der Waals surface area contributed by atoms with E-state index in [1.807, 2.05) is 32.0 Å². The highest BCUT2D eigenvalue weighted by Crippen LogP contribution is 2.22. The highest BCUT2D eigenvalue weighted by Gasteiger charge is 2.09. The van der Waals surface area contributed by atoms with Crippen LogP contribution in [0.15, 0.2) is 42.5 Å². The third kappa shape index (κ3) is 4.42. The average molecular weight is 377 g/mol. The number of aromatic nitrogens is 1. The SMILES string of the molecule is Cc1[nH]c2ccc(CNC(=O)c3ccc(CNC(=O)C(C)C)cc3)cc2c1C. The van der Waals surface area contributed by atoms with Crippen LogP contribution in [0.2, 0.25) is 0 Å². The van der Waals surface area contributed by atoms with Crippen molar-refractivity contribution >= 4 is 22.7 Å². The molecular formula is C23H27N3O2. The molecule has 5 nitrogen and oxygen atoms in total. The van der Waals surface area contributed by atoms with Gasteiger partial charge in [0.25, 0.3) is 5.91 Å². The Morgan fingerprint density at radius 3 is 2.25 bits per heavy atom. The van der Waals surface area contributed by atoms with Crippen LogP contribution >= 0.6 is 0 Å². The first kappa shape index (κ1) is 19.7. The molecule has 3 aromatic rings. The lowest BCUT2D eigenvalue weighted by Gasteiger charge is -2.09. The summed E-state index contributed by atoms with van der Waals surface area (Å²) < 4.78 is 0. The highest BCUT2D eigenvalue weighted by atomic mass is 16.2. The number of rotatable bonds is 6. The lowest BCUT2D eigenvalue weighted by molar-refractivity contribution is -0.124. The third-order valence-corrected chi connectivity index (χ3v) is 5.03. The van der Waals surface area contributed by atoms with Crippen molar-refractivity contribution < 1.29 is 9.59 Å². The maximum Gasteiger partial charge on any atom is 0.251 e. The van der Waals surface area contributed by atoms with Crippen molar-refractivity contribution in [2.45, 2.75) is 40.8 Å². The van der Waals surface area contributed by atoms with Crippen molar-refractivity contribution in [3.05, 3.63) is 70.4 Å². The molecule has 0 spiro atoms. The molecule has 0 radical (unpaired) electrons. The number of nitrogens with one attached hydrogen (secondary N) is 3. The van der Waals surface area contributed by atoms with Crippen LogP contribution in [0.3, 0.4) is 0 Å². The van der Waals surface area contributed by atoms with Crippen molar-refractivity contribution in [1.82, 2.24) is 15.6 Å². The monoisotopic (exact) mass is 377 g/mol. The molecule has 0 atom stereocenters. The molecule has 3 N–H and O–H groups in total. The van der Waals surface area contributed by atoms with Crippen LogP contribution in [0, 0.1) is 19.8 Å². The number of carbonyl (C=O) groups is 2. The molecule has 0 aliphatic heterocycles. The van der Waals surface area contributed by atoms with Gasteiger partial charge in [0.05, 0.1) is 0 Å². The molecule has 0 aliphatic carbocycles. The minimum Gasteiger partial charge on any atom is -0.358 e. The number of amides is 2. The minimum atomic E-state index is -0.111. The summed E-state index contributed by atoms with van der Waals surface area (Å²) in [5.41, 5.74) is 6.16. The fraction of sp³-hybridized carbons (Fsp3) is 0.304. The Morgan fingerprint density at radius 1 is 0.929 bits per heavy atom. The van der Waals surface area contributed by atoms with Gasteiger partial charge in [-0.2, -0.15) is 0 Å². The molecule has 0 unspecified atom stereocenters. The van der Waals surface area contributed by atoms with Gasteiger partial charge in [-0.25, -0.2) is 0 Å². The smallest absolute Gasteiger partial charge is 0.251 e. The van der Waals surface area contributed by atoms with E-state index in [0.29, 0.717) is 18.7 Å². The molecule has 1 heterocycles. The van der Waals surface area contributed by atoms with Gasteiger partial charge in [0.1, 0.15) is 0 Å². The first-order valence-corrected chi connectivity index (χ1v) is 9.58. The van der Waals surface area contributed by atoms with Gasteiger partial charge in [0, 0.05) is 41.2 Å². The number of aryl methyl sites for hydroxylation is 2. The van der Waals surface area contributed by atoms with Crippen molar-refractivity contribution in [2.75, 3.05) is 0 Å². The Balaban J connectivity index is 1.59. The summed E-state index contributed by atoms with van der Waals surface area (Å²) in [6.45, 7) is 8.83. The van der Waals surface area contributed by atoms with Crippen molar-refractivity contribution in [2.24, 2.45) is 5.92 Å². The molecule has 0 saturated carbocycles. The molecule has 2 amide bonds. The van der Waals surface area contributed by atoms with E-state index in [1.54, 1.807) is 12.1 Å². The number of carbonyl (C=O) groups excluding carboxylic acids is 2. The molecule has 0 bridgehead atoms. The Bertz CT molecular complexity index is 1000. The number of hydrogen-bond acceptors (Lipinski definition) is 2. The zero-order valence-electron chi connectivity index (χ0n) is 16.8.